The maximum atomic E-state index is 11.0. The molecule has 14 heavy (non-hydrogen) atoms. The summed E-state index contributed by atoms with van der Waals surface area (Å²) < 4.78 is 0. The fourth-order valence-electron chi connectivity index (χ4n) is 0.818. The molecule has 0 aromatic heterocycles. The van der Waals surface area contributed by atoms with Gasteiger partial charge in [-0.25, -0.2) is 0 Å². The molecule has 0 fully saturated rings. The van der Waals surface area contributed by atoms with Gasteiger partial charge in [-0.3, -0.25) is 9.59 Å². The van der Waals surface area contributed by atoms with Gasteiger partial charge in [0.05, 0.1) is 6.54 Å². The maximum absolute atomic E-state index is 11.0. The average molecular weight is 200 g/mol. The van der Waals surface area contributed by atoms with Crippen molar-refractivity contribution in [2.24, 2.45) is 0 Å². The van der Waals surface area contributed by atoms with Gasteiger partial charge in [0.2, 0.25) is 5.91 Å². The Bertz CT molecular complexity index is 204. The summed E-state index contributed by atoms with van der Waals surface area (Å²) in [7, 11) is 0. The van der Waals surface area contributed by atoms with Gasteiger partial charge in [0, 0.05) is 19.5 Å². The van der Waals surface area contributed by atoms with Gasteiger partial charge < -0.3 is 15.7 Å². The number of hydrogen-bond acceptors (Lipinski definition) is 3. The Morgan fingerprint density at radius 1 is 1.43 bits per heavy atom. The molecule has 5 heteroatoms. The first-order chi connectivity index (χ1) is 6.66. The van der Waals surface area contributed by atoms with E-state index in [1.54, 1.807) is 6.08 Å². The third kappa shape index (κ3) is 8.73. The number of carbonyl (C=O) groups is 2. The van der Waals surface area contributed by atoms with E-state index in [0.29, 0.717) is 19.5 Å². The minimum absolute atomic E-state index is 0.0837. The van der Waals surface area contributed by atoms with Crippen LogP contribution in [-0.2, 0) is 9.59 Å². The summed E-state index contributed by atoms with van der Waals surface area (Å²) in [6.07, 6.45) is 2.21. The molecule has 0 aliphatic carbocycles. The van der Waals surface area contributed by atoms with Gasteiger partial charge in [-0.2, -0.15) is 0 Å². The fourth-order valence-corrected chi connectivity index (χ4v) is 0.818. The van der Waals surface area contributed by atoms with Crippen molar-refractivity contribution in [1.29, 1.82) is 0 Å². The average Bonchev–Trinajstić information content (AvgIpc) is 2.13. The van der Waals surface area contributed by atoms with E-state index in [2.05, 4.69) is 17.2 Å². The number of hydrogen-bond donors (Lipinski definition) is 3. The van der Waals surface area contributed by atoms with E-state index in [-0.39, 0.29) is 18.9 Å². The zero-order chi connectivity index (χ0) is 10.8. The van der Waals surface area contributed by atoms with E-state index in [1.165, 1.54) is 0 Å². The van der Waals surface area contributed by atoms with Crippen LogP contribution in [0, 0.1) is 0 Å². The molecule has 0 saturated heterocycles. The predicted molar refractivity (Wildman–Crippen MR) is 52.9 cm³/mol. The molecular formula is C9H16N2O3. The van der Waals surface area contributed by atoms with Crippen LogP contribution in [0.3, 0.4) is 0 Å². The van der Waals surface area contributed by atoms with Crippen LogP contribution in [0.25, 0.3) is 0 Å². The molecule has 0 atom stereocenters. The highest BCUT2D eigenvalue weighted by Crippen LogP contribution is 1.85. The molecule has 0 aromatic carbocycles. The second kappa shape index (κ2) is 8.25. The third-order valence-corrected chi connectivity index (χ3v) is 1.46. The zero-order valence-corrected chi connectivity index (χ0v) is 8.08. The minimum Gasteiger partial charge on any atom is -0.481 e. The van der Waals surface area contributed by atoms with E-state index in [0.717, 1.165) is 0 Å². The lowest BCUT2D eigenvalue weighted by atomic mass is 10.3. The number of amides is 1. The van der Waals surface area contributed by atoms with Crippen molar-refractivity contribution >= 4 is 11.9 Å². The summed E-state index contributed by atoms with van der Waals surface area (Å²) in [4.78, 5) is 21.1. The SMILES string of the molecule is C=CCNCC(=O)NCCCC(=O)O. The molecule has 3 N–H and O–H groups in total. The number of carboxylic acids is 1. The molecular weight excluding hydrogens is 184 g/mol. The van der Waals surface area contributed by atoms with E-state index >= 15 is 0 Å². The van der Waals surface area contributed by atoms with Crippen molar-refractivity contribution in [3.8, 4) is 0 Å². The van der Waals surface area contributed by atoms with Crippen molar-refractivity contribution in [2.75, 3.05) is 19.6 Å². The quantitative estimate of drug-likeness (QED) is 0.373. The van der Waals surface area contributed by atoms with Gasteiger partial charge in [0.1, 0.15) is 0 Å². The monoisotopic (exact) mass is 200 g/mol. The molecule has 0 heterocycles. The van der Waals surface area contributed by atoms with Gasteiger partial charge in [-0.15, -0.1) is 6.58 Å². The number of rotatable bonds is 8. The van der Waals surface area contributed by atoms with E-state index in [1.807, 2.05) is 0 Å². The van der Waals surface area contributed by atoms with Crippen LogP contribution < -0.4 is 10.6 Å². The van der Waals surface area contributed by atoms with Crippen LogP contribution in [0.1, 0.15) is 12.8 Å². The molecule has 0 unspecified atom stereocenters. The molecule has 0 rings (SSSR count). The molecule has 0 bridgehead atoms. The van der Waals surface area contributed by atoms with Gasteiger partial charge in [0.25, 0.3) is 0 Å². The molecule has 80 valence electrons. The Balaban J connectivity index is 3.26. The highest BCUT2D eigenvalue weighted by atomic mass is 16.4. The van der Waals surface area contributed by atoms with Crippen molar-refractivity contribution in [1.82, 2.24) is 10.6 Å². The van der Waals surface area contributed by atoms with Crippen LogP contribution in [0.5, 0.6) is 0 Å². The van der Waals surface area contributed by atoms with E-state index < -0.39 is 5.97 Å². The second-order valence-electron chi connectivity index (χ2n) is 2.77. The first kappa shape index (κ1) is 12.6. The van der Waals surface area contributed by atoms with Gasteiger partial charge in [0.15, 0.2) is 0 Å². The lowest BCUT2D eigenvalue weighted by molar-refractivity contribution is -0.137. The van der Waals surface area contributed by atoms with E-state index in [9.17, 15) is 9.59 Å². The third-order valence-electron chi connectivity index (χ3n) is 1.46. The highest BCUT2D eigenvalue weighted by molar-refractivity contribution is 5.78. The summed E-state index contributed by atoms with van der Waals surface area (Å²) in [5.41, 5.74) is 0. The number of nitrogens with one attached hydrogen (secondary N) is 2. The summed E-state index contributed by atoms with van der Waals surface area (Å²) in [5, 5.41) is 13.8. The first-order valence-corrected chi connectivity index (χ1v) is 4.47. The topological polar surface area (TPSA) is 78.4 Å². The summed E-state index contributed by atoms with van der Waals surface area (Å²) in [6, 6.07) is 0. The zero-order valence-electron chi connectivity index (χ0n) is 8.08. The summed E-state index contributed by atoms with van der Waals surface area (Å²) >= 11 is 0. The number of carbonyl (C=O) groups excluding carboxylic acids is 1. The van der Waals surface area contributed by atoms with Gasteiger partial charge in [-0.1, -0.05) is 6.08 Å². The molecule has 0 aromatic rings. The van der Waals surface area contributed by atoms with Crippen molar-refractivity contribution in [2.45, 2.75) is 12.8 Å². The summed E-state index contributed by atoms with van der Waals surface area (Å²) in [6.45, 7) is 4.72. The standard InChI is InChI=1S/C9H16N2O3/c1-2-5-10-7-8(12)11-6-3-4-9(13)14/h2,10H,1,3-7H2,(H,11,12)(H,13,14). The lowest BCUT2D eigenvalue weighted by Gasteiger charge is -2.03. The number of carboxylic acid groups (broad SMARTS) is 1. The molecule has 0 aliphatic heterocycles. The van der Waals surface area contributed by atoms with Crippen LogP contribution in [0.2, 0.25) is 0 Å². The summed E-state index contributed by atoms with van der Waals surface area (Å²) in [5.74, 6) is -0.971. The van der Waals surface area contributed by atoms with Crippen LogP contribution in [0.15, 0.2) is 12.7 Å². The smallest absolute Gasteiger partial charge is 0.303 e. The Labute approximate surface area is 83.2 Å². The van der Waals surface area contributed by atoms with E-state index in [4.69, 9.17) is 5.11 Å². The van der Waals surface area contributed by atoms with Crippen molar-refractivity contribution in [3.05, 3.63) is 12.7 Å². The molecule has 0 aliphatic rings. The number of aliphatic carboxylic acids is 1. The molecule has 0 spiro atoms. The van der Waals surface area contributed by atoms with Gasteiger partial charge >= 0.3 is 5.97 Å². The predicted octanol–water partition coefficient (Wildman–Crippen LogP) is -0.257. The largest absolute Gasteiger partial charge is 0.481 e. The maximum Gasteiger partial charge on any atom is 0.303 e. The van der Waals surface area contributed by atoms with Crippen LogP contribution in [-0.4, -0.2) is 36.6 Å². The Kier molecular flexibility index (Phi) is 7.45. The molecule has 0 radical (unpaired) electrons. The Hall–Kier alpha value is -1.36. The Morgan fingerprint density at radius 2 is 2.14 bits per heavy atom. The van der Waals surface area contributed by atoms with Crippen LogP contribution in [0.4, 0.5) is 0 Å². The fraction of sp³-hybridized carbons (Fsp3) is 0.556. The highest BCUT2D eigenvalue weighted by Gasteiger charge is 2.00. The normalized spacial score (nSPS) is 9.43. The minimum atomic E-state index is -0.843. The molecule has 0 saturated carbocycles. The van der Waals surface area contributed by atoms with Crippen molar-refractivity contribution in [3.63, 3.8) is 0 Å². The molecule has 1 amide bonds. The molecule has 5 nitrogen and oxygen atoms in total. The first-order valence-electron chi connectivity index (χ1n) is 4.47. The van der Waals surface area contributed by atoms with Gasteiger partial charge in [-0.05, 0) is 6.42 Å². The second-order valence-corrected chi connectivity index (χ2v) is 2.77. The van der Waals surface area contributed by atoms with Crippen molar-refractivity contribution < 1.29 is 14.7 Å². The van der Waals surface area contributed by atoms with Crippen LogP contribution >= 0.6 is 0 Å². The Morgan fingerprint density at radius 3 is 2.71 bits per heavy atom. The lowest BCUT2D eigenvalue weighted by Crippen LogP contribution is -2.34.